The van der Waals surface area contributed by atoms with Gasteiger partial charge < -0.3 is 10.1 Å². The van der Waals surface area contributed by atoms with Gasteiger partial charge in [-0.2, -0.15) is 13.2 Å². The van der Waals surface area contributed by atoms with Crippen LogP contribution >= 0.6 is 11.3 Å². The standard InChI is InChI=1S/C14H22F3NOS/c1-9-11(8-19-10(2)14(15,16)17)6-12(20-9)7-18-13(3,4)5/h6,10,18H,7-8H2,1-5H3. The zero-order chi connectivity index (χ0) is 15.6. The van der Waals surface area contributed by atoms with Crippen molar-refractivity contribution in [1.29, 1.82) is 0 Å². The molecule has 6 heteroatoms. The molecule has 2 nitrogen and oxygen atoms in total. The van der Waals surface area contributed by atoms with Crippen molar-refractivity contribution in [2.75, 3.05) is 0 Å². The minimum Gasteiger partial charge on any atom is -0.364 e. The summed E-state index contributed by atoms with van der Waals surface area (Å²) in [5, 5.41) is 3.36. The molecule has 1 heterocycles. The van der Waals surface area contributed by atoms with Gasteiger partial charge in [0.2, 0.25) is 0 Å². The van der Waals surface area contributed by atoms with E-state index in [1.54, 1.807) is 11.3 Å². The monoisotopic (exact) mass is 309 g/mol. The highest BCUT2D eigenvalue weighted by Crippen LogP contribution is 2.26. The number of ether oxygens (including phenoxy) is 1. The predicted molar refractivity (Wildman–Crippen MR) is 76.0 cm³/mol. The molecule has 0 amide bonds. The molecule has 1 aromatic heterocycles. The topological polar surface area (TPSA) is 21.3 Å². The van der Waals surface area contributed by atoms with Gasteiger partial charge in [-0.1, -0.05) is 0 Å². The number of hydrogen-bond acceptors (Lipinski definition) is 3. The molecule has 1 rings (SSSR count). The Kier molecular flexibility index (Phi) is 5.63. The third-order valence-electron chi connectivity index (χ3n) is 2.81. The predicted octanol–water partition coefficient (Wildman–Crippen LogP) is 4.41. The minimum absolute atomic E-state index is 0.00146. The van der Waals surface area contributed by atoms with Crippen LogP contribution in [0.3, 0.4) is 0 Å². The van der Waals surface area contributed by atoms with Crippen molar-refractivity contribution in [3.63, 3.8) is 0 Å². The van der Waals surface area contributed by atoms with E-state index in [2.05, 4.69) is 26.1 Å². The quantitative estimate of drug-likeness (QED) is 0.870. The van der Waals surface area contributed by atoms with Gasteiger partial charge in [0.1, 0.15) is 0 Å². The number of nitrogens with one attached hydrogen (secondary N) is 1. The van der Waals surface area contributed by atoms with Crippen LogP contribution in [-0.4, -0.2) is 17.8 Å². The van der Waals surface area contributed by atoms with E-state index in [-0.39, 0.29) is 12.1 Å². The second-order valence-electron chi connectivity index (χ2n) is 5.89. The van der Waals surface area contributed by atoms with Crippen LogP contribution in [0.4, 0.5) is 13.2 Å². The van der Waals surface area contributed by atoms with Gasteiger partial charge in [0.05, 0.1) is 6.61 Å². The number of thiophene rings is 1. The highest BCUT2D eigenvalue weighted by atomic mass is 32.1. The summed E-state index contributed by atoms with van der Waals surface area (Å²) in [7, 11) is 0. The maximum Gasteiger partial charge on any atom is 0.414 e. The molecule has 1 unspecified atom stereocenters. The first kappa shape index (κ1) is 17.5. The molecule has 0 saturated carbocycles. The molecular weight excluding hydrogens is 287 g/mol. The summed E-state index contributed by atoms with van der Waals surface area (Å²) in [4.78, 5) is 2.11. The van der Waals surface area contributed by atoms with Crippen molar-refractivity contribution in [3.05, 3.63) is 21.4 Å². The normalized spacial score (nSPS) is 14.6. The largest absolute Gasteiger partial charge is 0.414 e. The highest BCUT2D eigenvalue weighted by molar-refractivity contribution is 7.12. The molecule has 0 bridgehead atoms. The van der Waals surface area contributed by atoms with Crippen molar-refractivity contribution in [2.24, 2.45) is 0 Å². The maximum absolute atomic E-state index is 12.4. The average molecular weight is 309 g/mol. The molecule has 0 aliphatic carbocycles. The van der Waals surface area contributed by atoms with Crippen LogP contribution in [0, 0.1) is 6.92 Å². The maximum atomic E-state index is 12.4. The van der Waals surface area contributed by atoms with E-state index in [1.807, 2.05) is 13.0 Å². The van der Waals surface area contributed by atoms with Crippen LogP contribution in [0.2, 0.25) is 0 Å². The van der Waals surface area contributed by atoms with Crippen LogP contribution in [0.25, 0.3) is 0 Å². The fourth-order valence-electron chi connectivity index (χ4n) is 1.48. The highest BCUT2D eigenvalue weighted by Gasteiger charge is 2.36. The van der Waals surface area contributed by atoms with Crippen molar-refractivity contribution in [3.8, 4) is 0 Å². The number of hydrogen-bond donors (Lipinski definition) is 1. The van der Waals surface area contributed by atoms with Gasteiger partial charge in [-0.3, -0.25) is 0 Å². The van der Waals surface area contributed by atoms with E-state index in [4.69, 9.17) is 4.74 Å². The van der Waals surface area contributed by atoms with E-state index in [0.29, 0.717) is 6.54 Å². The minimum atomic E-state index is -4.31. The lowest BCUT2D eigenvalue weighted by Gasteiger charge is -2.19. The molecular formula is C14H22F3NOS. The summed E-state index contributed by atoms with van der Waals surface area (Å²) in [5.41, 5.74) is 0.844. The lowest BCUT2D eigenvalue weighted by Crippen LogP contribution is -2.34. The van der Waals surface area contributed by atoms with Crippen LogP contribution in [0.15, 0.2) is 6.07 Å². The van der Waals surface area contributed by atoms with Gasteiger partial charge in [-0.15, -0.1) is 11.3 Å². The molecule has 1 N–H and O–H groups in total. The van der Waals surface area contributed by atoms with Crippen LogP contribution in [0.5, 0.6) is 0 Å². The summed E-state index contributed by atoms with van der Waals surface area (Å²) in [6, 6.07) is 1.92. The molecule has 0 aromatic carbocycles. The number of halogens is 3. The molecule has 0 fully saturated rings. The van der Waals surface area contributed by atoms with Crippen molar-refractivity contribution >= 4 is 11.3 Å². The Bertz CT molecular complexity index is 435. The van der Waals surface area contributed by atoms with Gasteiger partial charge in [-0.05, 0) is 46.2 Å². The van der Waals surface area contributed by atoms with E-state index in [9.17, 15) is 13.2 Å². The first-order valence-electron chi connectivity index (χ1n) is 6.50. The third-order valence-corrected chi connectivity index (χ3v) is 3.91. The van der Waals surface area contributed by atoms with E-state index >= 15 is 0 Å². The van der Waals surface area contributed by atoms with Crippen molar-refractivity contribution in [2.45, 2.75) is 65.6 Å². The van der Waals surface area contributed by atoms with Gasteiger partial charge in [-0.25, -0.2) is 0 Å². The van der Waals surface area contributed by atoms with Crippen LogP contribution < -0.4 is 5.32 Å². The Morgan fingerprint density at radius 2 is 1.90 bits per heavy atom. The molecule has 0 aliphatic heterocycles. The molecule has 116 valence electrons. The van der Waals surface area contributed by atoms with Gasteiger partial charge in [0, 0.05) is 21.8 Å². The Morgan fingerprint density at radius 3 is 2.40 bits per heavy atom. The molecule has 0 spiro atoms. The molecule has 0 aliphatic rings. The Labute approximate surface area is 122 Å². The Morgan fingerprint density at radius 1 is 1.30 bits per heavy atom. The zero-order valence-electron chi connectivity index (χ0n) is 12.5. The lowest BCUT2D eigenvalue weighted by atomic mass is 10.1. The number of rotatable bonds is 5. The van der Waals surface area contributed by atoms with Crippen LogP contribution in [0.1, 0.15) is 43.0 Å². The second-order valence-corrected chi connectivity index (χ2v) is 7.23. The van der Waals surface area contributed by atoms with E-state index in [0.717, 1.165) is 22.2 Å². The van der Waals surface area contributed by atoms with Gasteiger partial charge in [0.25, 0.3) is 0 Å². The second kappa shape index (κ2) is 6.45. The summed E-state index contributed by atoms with van der Waals surface area (Å²) < 4.78 is 42.0. The van der Waals surface area contributed by atoms with E-state index in [1.165, 1.54) is 0 Å². The number of aryl methyl sites for hydroxylation is 1. The molecule has 0 saturated heterocycles. The Hall–Kier alpha value is -0.590. The summed E-state index contributed by atoms with van der Waals surface area (Å²) in [5.74, 6) is 0. The van der Waals surface area contributed by atoms with Gasteiger partial charge in [0.15, 0.2) is 6.10 Å². The molecule has 0 radical (unpaired) electrons. The summed E-state index contributed by atoms with van der Waals surface area (Å²) in [6.45, 7) is 9.86. The average Bonchev–Trinajstić information content (AvgIpc) is 2.62. The first-order chi connectivity index (χ1) is 8.99. The molecule has 20 heavy (non-hydrogen) atoms. The fourth-order valence-corrected chi connectivity index (χ4v) is 2.47. The SMILES string of the molecule is Cc1sc(CNC(C)(C)C)cc1COC(C)C(F)(F)F. The lowest BCUT2D eigenvalue weighted by molar-refractivity contribution is -0.217. The van der Waals surface area contributed by atoms with Crippen molar-refractivity contribution in [1.82, 2.24) is 5.32 Å². The summed E-state index contributed by atoms with van der Waals surface area (Å²) in [6.07, 6.45) is -6.04. The zero-order valence-corrected chi connectivity index (χ0v) is 13.3. The molecule has 1 atom stereocenters. The fraction of sp³-hybridized carbons (Fsp3) is 0.714. The Balaban J connectivity index is 2.58. The van der Waals surface area contributed by atoms with Gasteiger partial charge >= 0.3 is 6.18 Å². The van der Waals surface area contributed by atoms with Crippen LogP contribution in [-0.2, 0) is 17.9 Å². The third kappa shape index (κ3) is 5.81. The first-order valence-corrected chi connectivity index (χ1v) is 7.32. The number of alkyl halides is 3. The van der Waals surface area contributed by atoms with Crippen molar-refractivity contribution < 1.29 is 17.9 Å². The molecule has 1 aromatic rings. The smallest absolute Gasteiger partial charge is 0.364 e. The van der Waals surface area contributed by atoms with E-state index < -0.39 is 12.3 Å². The summed E-state index contributed by atoms with van der Waals surface area (Å²) >= 11 is 1.59.